The Hall–Kier alpha value is -0.120. The molecule has 2 unspecified atom stereocenters. The van der Waals surface area contributed by atoms with E-state index in [0.29, 0.717) is 0 Å². The van der Waals surface area contributed by atoms with Crippen molar-refractivity contribution in [2.75, 3.05) is 40.3 Å². The van der Waals surface area contributed by atoms with Crippen molar-refractivity contribution < 1.29 is 0 Å². The minimum Gasteiger partial charge on any atom is -0.316 e. The monoisotopic (exact) mass is 239 g/mol. The van der Waals surface area contributed by atoms with Gasteiger partial charge in [0.15, 0.2) is 0 Å². The maximum absolute atomic E-state index is 3.43. The number of likely N-dealkylation sites (tertiary alicyclic amines) is 2. The molecule has 2 rings (SSSR count). The van der Waals surface area contributed by atoms with Gasteiger partial charge >= 0.3 is 0 Å². The molecule has 2 aliphatic heterocycles. The summed E-state index contributed by atoms with van der Waals surface area (Å²) < 4.78 is 0. The van der Waals surface area contributed by atoms with Gasteiger partial charge in [-0.25, -0.2) is 0 Å². The highest BCUT2D eigenvalue weighted by Crippen LogP contribution is 2.19. The van der Waals surface area contributed by atoms with Crippen LogP contribution in [0, 0.1) is 0 Å². The van der Waals surface area contributed by atoms with E-state index in [4.69, 9.17) is 0 Å². The molecule has 0 amide bonds. The van der Waals surface area contributed by atoms with E-state index in [1.807, 2.05) is 0 Å². The third kappa shape index (κ3) is 3.94. The van der Waals surface area contributed by atoms with E-state index in [9.17, 15) is 0 Å². The fourth-order valence-corrected chi connectivity index (χ4v) is 3.33. The number of nitrogens with zero attached hydrogens (tertiary/aromatic N) is 2. The SMILES string of the molecule is CNC1CCCN(CCC2CCCCN2C)C1. The average Bonchev–Trinajstić information content (AvgIpc) is 2.38. The summed E-state index contributed by atoms with van der Waals surface area (Å²) in [5.74, 6) is 0. The van der Waals surface area contributed by atoms with Crippen molar-refractivity contribution in [3.63, 3.8) is 0 Å². The predicted octanol–water partition coefficient (Wildman–Crippen LogP) is 1.54. The molecule has 0 aromatic rings. The molecule has 17 heavy (non-hydrogen) atoms. The van der Waals surface area contributed by atoms with E-state index in [1.165, 1.54) is 64.7 Å². The summed E-state index contributed by atoms with van der Waals surface area (Å²) in [7, 11) is 4.40. The van der Waals surface area contributed by atoms with Gasteiger partial charge in [-0.2, -0.15) is 0 Å². The summed E-state index contributed by atoms with van der Waals surface area (Å²) >= 11 is 0. The zero-order valence-electron chi connectivity index (χ0n) is 11.6. The molecule has 1 N–H and O–H groups in total. The molecule has 0 aromatic carbocycles. The van der Waals surface area contributed by atoms with Gasteiger partial charge in [0, 0.05) is 18.6 Å². The van der Waals surface area contributed by atoms with Crippen molar-refractivity contribution in [2.45, 2.75) is 50.6 Å². The molecule has 0 aliphatic carbocycles. The molecule has 0 bridgehead atoms. The van der Waals surface area contributed by atoms with Crippen molar-refractivity contribution in [3.05, 3.63) is 0 Å². The van der Waals surface area contributed by atoms with Crippen LogP contribution >= 0.6 is 0 Å². The lowest BCUT2D eigenvalue weighted by molar-refractivity contribution is 0.137. The van der Waals surface area contributed by atoms with Crippen LogP contribution in [0.2, 0.25) is 0 Å². The maximum atomic E-state index is 3.43. The molecule has 0 radical (unpaired) electrons. The van der Waals surface area contributed by atoms with Gasteiger partial charge in [-0.1, -0.05) is 6.42 Å². The van der Waals surface area contributed by atoms with E-state index in [0.717, 1.165) is 12.1 Å². The highest BCUT2D eigenvalue weighted by Gasteiger charge is 2.22. The number of likely N-dealkylation sites (N-methyl/N-ethyl adjacent to an activating group) is 1. The molecule has 100 valence electrons. The Balaban J connectivity index is 1.69. The molecular weight excluding hydrogens is 210 g/mol. The van der Waals surface area contributed by atoms with Crippen molar-refractivity contribution >= 4 is 0 Å². The highest BCUT2D eigenvalue weighted by atomic mass is 15.2. The van der Waals surface area contributed by atoms with Gasteiger partial charge in [0.25, 0.3) is 0 Å². The lowest BCUT2D eigenvalue weighted by Crippen LogP contribution is -2.46. The first-order valence-electron chi connectivity index (χ1n) is 7.39. The Bertz CT molecular complexity index is 220. The first kappa shape index (κ1) is 13.3. The van der Waals surface area contributed by atoms with Gasteiger partial charge in [-0.15, -0.1) is 0 Å². The number of piperidine rings is 2. The smallest absolute Gasteiger partial charge is 0.0192 e. The minimum atomic E-state index is 0.729. The van der Waals surface area contributed by atoms with Crippen molar-refractivity contribution in [1.29, 1.82) is 0 Å². The van der Waals surface area contributed by atoms with Crippen LogP contribution < -0.4 is 5.32 Å². The summed E-state index contributed by atoms with van der Waals surface area (Å²) in [5, 5.41) is 3.43. The van der Waals surface area contributed by atoms with E-state index in [-0.39, 0.29) is 0 Å². The number of hydrogen-bond donors (Lipinski definition) is 1. The second-order valence-electron chi connectivity index (χ2n) is 5.85. The number of hydrogen-bond acceptors (Lipinski definition) is 3. The topological polar surface area (TPSA) is 18.5 Å². The largest absolute Gasteiger partial charge is 0.316 e. The fourth-order valence-electron chi connectivity index (χ4n) is 3.33. The van der Waals surface area contributed by atoms with Crippen LogP contribution in [0.4, 0.5) is 0 Å². The maximum Gasteiger partial charge on any atom is 0.0192 e. The molecule has 3 heteroatoms. The molecule has 2 fully saturated rings. The second kappa shape index (κ2) is 6.72. The first-order chi connectivity index (χ1) is 8.29. The number of nitrogens with one attached hydrogen (secondary N) is 1. The fraction of sp³-hybridized carbons (Fsp3) is 1.00. The molecule has 2 saturated heterocycles. The Kier molecular flexibility index (Phi) is 5.26. The number of rotatable bonds is 4. The lowest BCUT2D eigenvalue weighted by atomic mass is 9.99. The van der Waals surface area contributed by atoms with Crippen molar-refractivity contribution in [3.8, 4) is 0 Å². The Morgan fingerprint density at radius 3 is 2.76 bits per heavy atom. The van der Waals surface area contributed by atoms with E-state index in [2.05, 4.69) is 29.2 Å². The molecule has 2 atom stereocenters. The van der Waals surface area contributed by atoms with Gasteiger partial charge in [-0.05, 0) is 65.8 Å². The lowest BCUT2D eigenvalue weighted by Gasteiger charge is -2.36. The van der Waals surface area contributed by atoms with Crippen LogP contribution in [0.25, 0.3) is 0 Å². The standard InChI is InChI=1S/C14H29N3/c1-15-13-6-5-10-17(12-13)11-8-14-7-3-4-9-16(14)2/h13-15H,3-12H2,1-2H3. The van der Waals surface area contributed by atoms with E-state index in [1.54, 1.807) is 0 Å². The van der Waals surface area contributed by atoms with Crippen LogP contribution in [0.1, 0.15) is 38.5 Å². The molecule has 2 aliphatic rings. The first-order valence-corrected chi connectivity index (χ1v) is 7.39. The van der Waals surface area contributed by atoms with Crippen molar-refractivity contribution in [1.82, 2.24) is 15.1 Å². The zero-order valence-corrected chi connectivity index (χ0v) is 11.6. The quantitative estimate of drug-likeness (QED) is 0.803. The van der Waals surface area contributed by atoms with E-state index >= 15 is 0 Å². The highest BCUT2D eigenvalue weighted by molar-refractivity contribution is 4.80. The molecule has 2 heterocycles. The Labute approximate surface area is 107 Å². The van der Waals surface area contributed by atoms with E-state index < -0.39 is 0 Å². The van der Waals surface area contributed by atoms with Gasteiger partial charge in [0.05, 0.1) is 0 Å². The predicted molar refractivity (Wildman–Crippen MR) is 73.4 cm³/mol. The average molecular weight is 239 g/mol. The summed E-state index contributed by atoms with van der Waals surface area (Å²) in [4.78, 5) is 5.23. The molecule has 0 aromatic heterocycles. The van der Waals surface area contributed by atoms with Crippen LogP contribution in [0.15, 0.2) is 0 Å². The Morgan fingerprint density at radius 2 is 2.00 bits per heavy atom. The summed E-state index contributed by atoms with van der Waals surface area (Å²) in [6.07, 6.45) is 8.35. The molecule has 0 spiro atoms. The Morgan fingerprint density at radius 1 is 1.12 bits per heavy atom. The van der Waals surface area contributed by atoms with Gasteiger partial charge in [-0.3, -0.25) is 0 Å². The molecular formula is C14H29N3. The minimum absolute atomic E-state index is 0.729. The summed E-state index contributed by atoms with van der Waals surface area (Å²) in [6.45, 7) is 5.18. The van der Waals surface area contributed by atoms with Gasteiger partial charge in [0.2, 0.25) is 0 Å². The summed E-state index contributed by atoms with van der Waals surface area (Å²) in [6, 6.07) is 1.58. The van der Waals surface area contributed by atoms with Crippen LogP contribution in [-0.2, 0) is 0 Å². The third-order valence-corrected chi connectivity index (χ3v) is 4.61. The molecule has 3 nitrogen and oxygen atoms in total. The second-order valence-corrected chi connectivity index (χ2v) is 5.85. The zero-order chi connectivity index (χ0) is 12.1. The van der Waals surface area contributed by atoms with Gasteiger partial charge in [0.1, 0.15) is 0 Å². The van der Waals surface area contributed by atoms with Crippen LogP contribution in [0.5, 0.6) is 0 Å². The van der Waals surface area contributed by atoms with Crippen LogP contribution in [-0.4, -0.2) is 62.2 Å². The van der Waals surface area contributed by atoms with Crippen LogP contribution in [0.3, 0.4) is 0 Å². The summed E-state index contributed by atoms with van der Waals surface area (Å²) in [5.41, 5.74) is 0. The normalized spacial score (nSPS) is 32.8. The third-order valence-electron chi connectivity index (χ3n) is 4.61. The van der Waals surface area contributed by atoms with Gasteiger partial charge < -0.3 is 15.1 Å². The molecule has 0 saturated carbocycles. The van der Waals surface area contributed by atoms with Crippen molar-refractivity contribution in [2.24, 2.45) is 0 Å².